The number of ether oxygens (including phenoxy) is 2. The third-order valence-corrected chi connectivity index (χ3v) is 3.20. The fourth-order valence-electron chi connectivity index (χ4n) is 2.12. The molecule has 1 saturated heterocycles. The maximum absolute atomic E-state index is 5.73. The van der Waals surface area contributed by atoms with Crippen molar-refractivity contribution in [2.75, 3.05) is 50.9 Å². The number of methoxy groups -OCH3 is 1. The average molecular weight is 267 g/mol. The van der Waals surface area contributed by atoms with E-state index in [2.05, 4.69) is 27.1 Å². The van der Waals surface area contributed by atoms with Crippen molar-refractivity contribution in [2.45, 2.75) is 13.0 Å². The molecule has 0 radical (unpaired) electrons. The normalized spacial score (nSPS) is 20.2. The molecular formula is C12H21N5O2. The fraction of sp³-hybridized carbons (Fsp3) is 0.667. The standard InChI is InChI=1S/C12H21N5O2/c1-3-17-4-5-19-9(7-17)6-14-12-10(18-2)11(13)15-8-16-12/h8-9H,3-7H2,1-2H3,(H3,13,14,15,16). The lowest BCUT2D eigenvalue weighted by molar-refractivity contribution is -0.0192. The van der Waals surface area contributed by atoms with Gasteiger partial charge in [-0.15, -0.1) is 0 Å². The molecule has 2 rings (SSSR count). The second-order valence-corrected chi connectivity index (χ2v) is 4.41. The molecule has 1 atom stereocenters. The van der Waals surface area contributed by atoms with Gasteiger partial charge in [-0.3, -0.25) is 4.90 Å². The molecule has 0 saturated carbocycles. The van der Waals surface area contributed by atoms with E-state index in [1.54, 1.807) is 7.11 Å². The van der Waals surface area contributed by atoms with Crippen LogP contribution in [0.1, 0.15) is 6.92 Å². The quantitative estimate of drug-likeness (QED) is 0.788. The first-order chi connectivity index (χ1) is 9.24. The molecule has 1 unspecified atom stereocenters. The Kier molecular flexibility index (Phi) is 4.75. The van der Waals surface area contributed by atoms with Crippen LogP contribution in [0.4, 0.5) is 11.6 Å². The van der Waals surface area contributed by atoms with Crippen LogP contribution in [-0.2, 0) is 4.74 Å². The van der Waals surface area contributed by atoms with Crippen molar-refractivity contribution in [3.8, 4) is 5.75 Å². The van der Waals surface area contributed by atoms with Crippen LogP contribution >= 0.6 is 0 Å². The topological polar surface area (TPSA) is 85.5 Å². The second kappa shape index (κ2) is 6.53. The summed E-state index contributed by atoms with van der Waals surface area (Å²) in [6.45, 7) is 6.56. The monoisotopic (exact) mass is 267 g/mol. The SMILES string of the molecule is CCN1CCOC(CNc2ncnc(N)c2OC)C1. The predicted octanol–water partition coefficient (Wildman–Crippen LogP) is 0.200. The van der Waals surface area contributed by atoms with E-state index in [-0.39, 0.29) is 6.10 Å². The van der Waals surface area contributed by atoms with Crippen molar-refractivity contribution in [3.05, 3.63) is 6.33 Å². The summed E-state index contributed by atoms with van der Waals surface area (Å²) in [4.78, 5) is 10.4. The summed E-state index contributed by atoms with van der Waals surface area (Å²) in [7, 11) is 1.55. The number of nitrogens with zero attached hydrogens (tertiary/aromatic N) is 3. The molecule has 106 valence electrons. The zero-order valence-electron chi connectivity index (χ0n) is 11.4. The van der Waals surface area contributed by atoms with Crippen LogP contribution < -0.4 is 15.8 Å². The smallest absolute Gasteiger partial charge is 0.203 e. The number of morpholine rings is 1. The van der Waals surface area contributed by atoms with Gasteiger partial charge in [-0.2, -0.15) is 0 Å². The predicted molar refractivity (Wildman–Crippen MR) is 73.3 cm³/mol. The number of aromatic nitrogens is 2. The van der Waals surface area contributed by atoms with E-state index in [9.17, 15) is 0 Å². The van der Waals surface area contributed by atoms with Crippen LogP contribution in [0.5, 0.6) is 5.75 Å². The first-order valence-electron chi connectivity index (χ1n) is 6.46. The molecule has 7 heteroatoms. The van der Waals surface area contributed by atoms with E-state index >= 15 is 0 Å². The second-order valence-electron chi connectivity index (χ2n) is 4.41. The van der Waals surface area contributed by atoms with Gasteiger partial charge in [-0.1, -0.05) is 6.92 Å². The zero-order chi connectivity index (χ0) is 13.7. The summed E-state index contributed by atoms with van der Waals surface area (Å²) < 4.78 is 10.9. The number of anilines is 2. The van der Waals surface area contributed by atoms with Crippen LogP contribution in [0, 0.1) is 0 Å². The number of hydrogen-bond donors (Lipinski definition) is 2. The molecule has 1 fully saturated rings. The minimum Gasteiger partial charge on any atom is -0.490 e. The summed E-state index contributed by atoms with van der Waals surface area (Å²) in [5, 5.41) is 3.21. The Labute approximate surface area is 113 Å². The molecular weight excluding hydrogens is 246 g/mol. The Balaban J connectivity index is 1.93. The van der Waals surface area contributed by atoms with Gasteiger partial charge >= 0.3 is 0 Å². The molecule has 19 heavy (non-hydrogen) atoms. The lowest BCUT2D eigenvalue weighted by Crippen LogP contribution is -2.45. The molecule has 0 aromatic carbocycles. The average Bonchev–Trinajstić information content (AvgIpc) is 2.45. The summed E-state index contributed by atoms with van der Waals surface area (Å²) in [5.74, 6) is 1.41. The third-order valence-electron chi connectivity index (χ3n) is 3.20. The van der Waals surface area contributed by atoms with Crippen molar-refractivity contribution in [2.24, 2.45) is 0 Å². The van der Waals surface area contributed by atoms with Gasteiger partial charge < -0.3 is 20.5 Å². The van der Waals surface area contributed by atoms with Crippen molar-refractivity contribution >= 4 is 11.6 Å². The summed E-state index contributed by atoms with van der Waals surface area (Å²) in [5.41, 5.74) is 5.73. The van der Waals surface area contributed by atoms with E-state index in [0.717, 1.165) is 26.2 Å². The molecule has 0 aliphatic carbocycles. The van der Waals surface area contributed by atoms with Crippen LogP contribution in [0.15, 0.2) is 6.33 Å². The molecule has 0 spiro atoms. The van der Waals surface area contributed by atoms with Gasteiger partial charge in [0.25, 0.3) is 0 Å². The van der Waals surface area contributed by atoms with Gasteiger partial charge in [0.2, 0.25) is 5.75 Å². The van der Waals surface area contributed by atoms with Gasteiger partial charge in [0.1, 0.15) is 6.33 Å². The molecule has 2 heterocycles. The Bertz CT molecular complexity index is 415. The summed E-state index contributed by atoms with van der Waals surface area (Å²) in [6.07, 6.45) is 1.56. The summed E-state index contributed by atoms with van der Waals surface area (Å²) in [6, 6.07) is 0. The number of nitrogens with two attached hydrogens (primary N) is 1. The highest BCUT2D eigenvalue weighted by Gasteiger charge is 2.20. The molecule has 1 aromatic heterocycles. The van der Waals surface area contributed by atoms with Crippen LogP contribution in [-0.4, -0.2) is 60.9 Å². The lowest BCUT2D eigenvalue weighted by Gasteiger charge is -2.32. The summed E-state index contributed by atoms with van der Waals surface area (Å²) >= 11 is 0. The first kappa shape index (κ1) is 13.8. The van der Waals surface area contributed by atoms with Crippen LogP contribution in [0.2, 0.25) is 0 Å². The minimum atomic E-state index is 0.148. The van der Waals surface area contributed by atoms with E-state index in [0.29, 0.717) is 23.9 Å². The molecule has 0 amide bonds. The Morgan fingerprint density at radius 3 is 3.16 bits per heavy atom. The van der Waals surface area contributed by atoms with E-state index in [1.165, 1.54) is 6.33 Å². The van der Waals surface area contributed by atoms with Crippen molar-refractivity contribution in [1.29, 1.82) is 0 Å². The number of likely N-dealkylation sites (N-methyl/N-ethyl adjacent to an activating group) is 1. The third kappa shape index (κ3) is 3.45. The van der Waals surface area contributed by atoms with Gasteiger partial charge in [0.05, 0.1) is 19.8 Å². The highest BCUT2D eigenvalue weighted by Crippen LogP contribution is 2.26. The Morgan fingerprint density at radius 2 is 2.42 bits per heavy atom. The Hall–Kier alpha value is -1.60. The maximum atomic E-state index is 5.73. The lowest BCUT2D eigenvalue weighted by atomic mass is 10.2. The van der Waals surface area contributed by atoms with Crippen LogP contribution in [0.3, 0.4) is 0 Å². The molecule has 0 bridgehead atoms. The van der Waals surface area contributed by atoms with E-state index in [4.69, 9.17) is 15.2 Å². The molecule has 3 N–H and O–H groups in total. The molecule has 1 aliphatic rings. The molecule has 1 aliphatic heterocycles. The van der Waals surface area contributed by atoms with E-state index < -0.39 is 0 Å². The number of nitrogens with one attached hydrogen (secondary N) is 1. The number of rotatable bonds is 5. The highest BCUT2D eigenvalue weighted by molar-refractivity contribution is 5.61. The van der Waals surface area contributed by atoms with Gasteiger partial charge in [-0.05, 0) is 6.54 Å². The van der Waals surface area contributed by atoms with Crippen molar-refractivity contribution < 1.29 is 9.47 Å². The number of hydrogen-bond acceptors (Lipinski definition) is 7. The van der Waals surface area contributed by atoms with Crippen molar-refractivity contribution in [3.63, 3.8) is 0 Å². The Morgan fingerprint density at radius 1 is 1.58 bits per heavy atom. The molecule has 7 nitrogen and oxygen atoms in total. The van der Waals surface area contributed by atoms with Gasteiger partial charge in [0.15, 0.2) is 11.6 Å². The van der Waals surface area contributed by atoms with Crippen LogP contribution in [0.25, 0.3) is 0 Å². The largest absolute Gasteiger partial charge is 0.490 e. The zero-order valence-corrected chi connectivity index (χ0v) is 11.4. The molecule has 1 aromatic rings. The minimum absolute atomic E-state index is 0.148. The van der Waals surface area contributed by atoms with Crippen molar-refractivity contribution in [1.82, 2.24) is 14.9 Å². The number of nitrogen functional groups attached to an aromatic ring is 1. The van der Waals surface area contributed by atoms with Gasteiger partial charge in [0, 0.05) is 19.6 Å². The maximum Gasteiger partial charge on any atom is 0.203 e. The van der Waals surface area contributed by atoms with Gasteiger partial charge in [-0.25, -0.2) is 9.97 Å². The first-order valence-corrected chi connectivity index (χ1v) is 6.46. The van der Waals surface area contributed by atoms with E-state index in [1.807, 2.05) is 0 Å². The fourth-order valence-corrected chi connectivity index (χ4v) is 2.12. The highest BCUT2D eigenvalue weighted by atomic mass is 16.5.